The largest absolute Gasteiger partial charge is 0.394 e. The van der Waals surface area contributed by atoms with Gasteiger partial charge in [0.2, 0.25) is 17.7 Å². The Kier molecular flexibility index (Phi) is 9.94. The van der Waals surface area contributed by atoms with Crippen LogP contribution in [0.15, 0.2) is 86.0 Å². The summed E-state index contributed by atoms with van der Waals surface area (Å²) in [6, 6.07) is 16.9. The Labute approximate surface area is 267 Å². The number of para-hydroxylation sites is 1. The molecule has 3 aliphatic rings. The molecular formula is C37H47N3O5. The van der Waals surface area contributed by atoms with Gasteiger partial charge in [-0.15, -0.1) is 13.2 Å². The number of rotatable bonds is 15. The molecule has 6 atom stereocenters. The minimum atomic E-state index is -1.20. The van der Waals surface area contributed by atoms with Crippen LogP contribution in [0.2, 0.25) is 0 Å². The summed E-state index contributed by atoms with van der Waals surface area (Å²) < 4.78 is 7.05. The molecule has 0 aliphatic carbocycles. The van der Waals surface area contributed by atoms with Crippen LogP contribution < -0.4 is 4.90 Å². The lowest BCUT2D eigenvalue weighted by molar-refractivity contribution is -0.156. The van der Waals surface area contributed by atoms with E-state index in [1.165, 1.54) is 0 Å². The van der Waals surface area contributed by atoms with Gasteiger partial charge in [0.05, 0.1) is 30.1 Å². The molecule has 5 rings (SSSR count). The Balaban J connectivity index is 1.64. The monoisotopic (exact) mass is 613 g/mol. The summed E-state index contributed by atoms with van der Waals surface area (Å²) in [5, 5.41) is 10.8. The third-order valence-corrected chi connectivity index (χ3v) is 10.2. The molecule has 45 heavy (non-hydrogen) atoms. The number of hydrogen-bond donors (Lipinski definition) is 1. The van der Waals surface area contributed by atoms with Crippen molar-refractivity contribution in [2.45, 2.75) is 75.7 Å². The fraction of sp³-hybridized carbons (Fsp3) is 0.486. The van der Waals surface area contributed by atoms with E-state index in [-0.39, 0.29) is 30.9 Å². The molecule has 3 saturated heterocycles. The van der Waals surface area contributed by atoms with Gasteiger partial charge >= 0.3 is 0 Å². The molecule has 2 unspecified atom stereocenters. The molecule has 2 bridgehead atoms. The van der Waals surface area contributed by atoms with Crippen molar-refractivity contribution in [3.63, 3.8) is 0 Å². The average Bonchev–Trinajstić information content (AvgIpc) is 3.68. The van der Waals surface area contributed by atoms with Gasteiger partial charge in [-0.05, 0) is 43.4 Å². The molecule has 0 radical (unpaired) electrons. The van der Waals surface area contributed by atoms with Crippen molar-refractivity contribution >= 4 is 23.4 Å². The predicted octanol–water partition coefficient (Wildman–Crippen LogP) is 5.30. The summed E-state index contributed by atoms with van der Waals surface area (Å²) >= 11 is 0. The van der Waals surface area contributed by atoms with Crippen LogP contribution in [0.3, 0.4) is 0 Å². The van der Waals surface area contributed by atoms with Gasteiger partial charge in [0.15, 0.2) is 0 Å². The lowest BCUT2D eigenvalue weighted by atomic mass is 9.64. The Hall–Kier alpha value is -3.75. The van der Waals surface area contributed by atoms with Gasteiger partial charge in [0.25, 0.3) is 0 Å². The second-order valence-electron chi connectivity index (χ2n) is 12.5. The van der Waals surface area contributed by atoms with Gasteiger partial charge in [0, 0.05) is 25.3 Å². The van der Waals surface area contributed by atoms with Crippen molar-refractivity contribution in [2.75, 3.05) is 31.1 Å². The van der Waals surface area contributed by atoms with E-state index in [2.05, 4.69) is 20.1 Å². The van der Waals surface area contributed by atoms with Crippen LogP contribution in [-0.2, 0) is 19.1 Å². The van der Waals surface area contributed by atoms with E-state index < -0.39 is 35.1 Å². The number of fused-ring (bicyclic) bond motifs is 1. The zero-order chi connectivity index (χ0) is 32.2. The van der Waals surface area contributed by atoms with Crippen molar-refractivity contribution in [3.05, 3.63) is 91.5 Å². The number of anilines is 1. The molecule has 2 aromatic rings. The molecule has 0 saturated carbocycles. The highest BCUT2D eigenvalue weighted by molar-refractivity contribution is 6.03. The number of aliphatic hydroxyl groups is 1. The van der Waals surface area contributed by atoms with E-state index in [1.54, 1.807) is 26.9 Å². The van der Waals surface area contributed by atoms with Gasteiger partial charge in [-0.1, -0.05) is 87.4 Å². The molecule has 8 heteroatoms. The smallest absolute Gasteiger partial charge is 0.248 e. The Morgan fingerprint density at radius 2 is 1.67 bits per heavy atom. The highest BCUT2D eigenvalue weighted by Gasteiger charge is 2.79. The molecule has 0 aromatic heterocycles. The van der Waals surface area contributed by atoms with Crippen LogP contribution in [-0.4, -0.2) is 76.1 Å². The standard InChI is InChI=1S/C37H47N3O5/c1-5-9-16-25-38(23-6-2)35(44)32-37-22-21-36(8-4,45-37)30(33(42)39(24-7-3)28-19-14-11-15-20-28)31(37)34(43)40(32)29(26-41)27-17-12-10-13-18-27/h6-7,10-15,17-20,29-32,41H,2-3,5,8-9,16,21-26H2,1,4H3/t29-,30-,31+,32?,36+,37?/m1/s1. The topological polar surface area (TPSA) is 90.4 Å². The number of unbranched alkanes of at least 4 members (excludes halogenated alkanes) is 2. The summed E-state index contributed by atoms with van der Waals surface area (Å²) in [6.07, 6.45) is 7.76. The molecule has 2 aromatic carbocycles. The second kappa shape index (κ2) is 13.7. The summed E-state index contributed by atoms with van der Waals surface area (Å²) in [4.78, 5) is 49.5. The van der Waals surface area contributed by atoms with Crippen LogP contribution in [0.5, 0.6) is 0 Å². The third-order valence-electron chi connectivity index (χ3n) is 10.2. The number of nitrogens with zero attached hydrogens (tertiary/aromatic N) is 3. The average molecular weight is 614 g/mol. The van der Waals surface area contributed by atoms with Gasteiger partial charge in [0.1, 0.15) is 11.6 Å². The lowest BCUT2D eigenvalue weighted by Crippen LogP contribution is -2.57. The number of aliphatic hydroxyl groups excluding tert-OH is 1. The Morgan fingerprint density at radius 3 is 2.27 bits per heavy atom. The van der Waals surface area contributed by atoms with Gasteiger partial charge in [-0.2, -0.15) is 0 Å². The maximum Gasteiger partial charge on any atom is 0.248 e. The Bertz CT molecular complexity index is 1380. The molecule has 8 nitrogen and oxygen atoms in total. The van der Waals surface area contributed by atoms with Crippen LogP contribution in [0, 0.1) is 11.8 Å². The van der Waals surface area contributed by atoms with E-state index in [9.17, 15) is 19.5 Å². The fourth-order valence-electron chi connectivity index (χ4n) is 8.08. The van der Waals surface area contributed by atoms with Crippen LogP contribution >= 0.6 is 0 Å². The summed E-state index contributed by atoms with van der Waals surface area (Å²) in [5.41, 5.74) is -0.647. The number of likely N-dealkylation sites (tertiary alicyclic amines) is 1. The van der Waals surface area contributed by atoms with E-state index >= 15 is 0 Å². The summed E-state index contributed by atoms with van der Waals surface area (Å²) in [5.74, 6) is -2.41. The number of carbonyl (C=O) groups is 3. The number of amides is 3. The second-order valence-corrected chi connectivity index (χ2v) is 12.5. The minimum absolute atomic E-state index is 0.206. The Morgan fingerprint density at radius 1 is 1.00 bits per heavy atom. The molecular weight excluding hydrogens is 566 g/mol. The van der Waals surface area contributed by atoms with Gasteiger partial charge in [-0.25, -0.2) is 0 Å². The van der Waals surface area contributed by atoms with Crippen LogP contribution in [0.25, 0.3) is 0 Å². The fourth-order valence-corrected chi connectivity index (χ4v) is 8.08. The zero-order valence-corrected chi connectivity index (χ0v) is 26.6. The molecule has 1 spiro atoms. The van der Waals surface area contributed by atoms with Crippen molar-refractivity contribution in [3.8, 4) is 0 Å². The number of hydrogen-bond acceptors (Lipinski definition) is 5. The van der Waals surface area contributed by atoms with E-state index in [0.717, 1.165) is 24.8 Å². The SMILES string of the molecule is C=CCN(CCCCC)C(=O)C1N([C@H](CO)c2ccccc2)C(=O)[C@@H]2[C@H](C(=O)N(CC=C)c3ccccc3)[C@]3(CC)CCC12O3. The van der Waals surface area contributed by atoms with Crippen molar-refractivity contribution in [1.82, 2.24) is 9.80 Å². The van der Waals surface area contributed by atoms with Gasteiger partial charge in [-0.3, -0.25) is 14.4 Å². The highest BCUT2D eigenvalue weighted by Crippen LogP contribution is 2.65. The third kappa shape index (κ3) is 5.52. The molecule has 1 N–H and O–H groups in total. The van der Waals surface area contributed by atoms with Crippen molar-refractivity contribution in [1.29, 1.82) is 0 Å². The normalized spacial score (nSPS) is 27.2. The van der Waals surface area contributed by atoms with Crippen LogP contribution in [0.1, 0.15) is 64.0 Å². The van der Waals surface area contributed by atoms with Crippen molar-refractivity contribution < 1.29 is 24.2 Å². The number of benzene rings is 2. The first-order valence-corrected chi connectivity index (χ1v) is 16.4. The maximum atomic E-state index is 14.9. The maximum absolute atomic E-state index is 14.9. The summed E-state index contributed by atoms with van der Waals surface area (Å²) in [7, 11) is 0. The molecule has 3 heterocycles. The van der Waals surface area contributed by atoms with E-state index in [4.69, 9.17) is 4.74 Å². The molecule has 240 valence electrons. The van der Waals surface area contributed by atoms with E-state index in [0.29, 0.717) is 38.0 Å². The molecule has 3 amide bonds. The first kappa shape index (κ1) is 32.6. The minimum Gasteiger partial charge on any atom is -0.394 e. The molecule has 3 aliphatic heterocycles. The highest BCUT2D eigenvalue weighted by atomic mass is 16.5. The quantitative estimate of drug-likeness (QED) is 0.218. The zero-order valence-electron chi connectivity index (χ0n) is 26.6. The lowest BCUT2D eigenvalue weighted by Gasteiger charge is -2.39. The van der Waals surface area contributed by atoms with Crippen molar-refractivity contribution in [2.24, 2.45) is 11.8 Å². The first-order valence-electron chi connectivity index (χ1n) is 16.4. The number of ether oxygens (including phenoxy) is 1. The predicted molar refractivity (Wildman–Crippen MR) is 175 cm³/mol. The number of carbonyl (C=O) groups excluding carboxylic acids is 3. The first-order chi connectivity index (χ1) is 21.8. The van der Waals surface area contributed by atoms with Gasteiger partial charge < -0.3 is 24.5 Å². The summed E-state index contributed by atoms with van der Waals surface area (Å²) in [6.45, 7) is 12.7. The van der Waals surface area contributed by atoms with E-state index in [1.807, 2.05) is 67.6 Å². The molecule has 3 fully saturated rings. The van der Waals surface area contributed by atoms with Crippen LogP contribution in [0.4, 0.5) is 5.69 Å².